The number of hydrogen-bond acceptors (Lipinski definition) is 7. The van der Waals surface area contributed by atoms with Crippen LogP contribution in [0.2, 0.25) is 0 Å². The van der Waals surface area contributed by atoms with E-state index in [1.165, 1.54) is 25.1 Å². The Morgan fingerprint density at radius 2 is 1.78 bits per heavy atom. The zero-order chi connectivity index (χ0) is 29.5. The number of ether oxygens (including phenoxy) is 1. The average molecular weight is 563 g/mol. The number of benzene rings is 2. The Kier molecular flexibility index (Phi) is 9.23. The third kappa shape index (κ3) is 7.62. The molecule has 2 aromatic carbocycles. The quantitative estimate of drug-likeness (QED) is 0.256. The Hall–Kier alpha value is -4.87. The minimum absolute atomic E-state index is 0.0638. The van der Waals surface area contributed by atoms with Crippen LogP contribution < -0.4 is 26.0 Å². The van der Waals surface area contributed by atoms with Crippen molar-refractivity contribution in [1.29, 1.82) is 0 Å². The van der Waals surface area contributed by atoms with Gasteiger partial charge < -0.3 is 31.1 Å². The molecule has 0 fully saturated rings. The summed E-state index contributed by atoms with van der Waals surface area (Å²) in [5.41, 5.74) is 1.63. The molecule has 3 aromatic rings. The van der Waals surface area contributed by atoms with Crippen LogP contribution in [0, 0.1) is 5.92 Å². The summed E-state index contributed by atoms with van der Waals surface area (Å²) in [6, 6.07) is 8.26. The van der Waals surface area contributed by atoms with Crippen LogP contribution in [0.3, 0.4) is 0 Å². The average Bonchev–Trinajstić information content (AvgIpc) is 3.46. The fraction of sp³-hybridized carbons (Fsp3) is 0.345. The van der Waals surface area contributed by atoms with Gasteiger partial charge in [-0.05, 0) is 60.7 Å². The van der Waals surface area contributed by atoms with E-state index in [-0.39, 0.29) is 29.6 Å². The van der Waals surface area contributed by atoms with E-state index in [0.29, 0.717) is 24.5 Å². The number of aromatic hydroxyl groups is 1. The number of amides is 4. The molecule has 5 rings (SSSR count). The maximum absolute atomic E-state index is 13.1. The van der Waals surface area contributed by atoms with Gasteiger partial charge in [0.1, 0.15) is 35.4 Å². The zero-order valence-corrected chi connectivity index (χ0v) is 23.1. The highest BCUT2D eigenvalue weighted by molar-refractivity contribution is 6.00. The Morgan fingerprint density at radius 1 is 1.05 bits per heavy atom. The van der Waals surface area contributed by atoms with Gasteiger partial charge in [-0.3, -0.25) is 24.3 Å². The minimum atomic E-state index is -1.01. The van der Waals surface area contributed by atoms with Crippen LogP contribution >= 0.6 is 0 Å². The van der Waals surface area contributed by atoms with E-state index in [2.05, 4.69) is 31.5 Å². The summed E-state index contributed by atoms with van der Waals surface area (Å²) >= 11 is 0. The molecule has 2 aliphatic heterocycles. The molecule has 12 heteroatoms. The number of nitrogens with one attached hydrogen (secondary N) is 5. The Balaban J connectivity index is 1.61. The van der Waals surface area contributed by atoms with Crippen LogP contribution in [0.1, 0.15) is 42.3 Å². The van der Waals surface area contributed by atoms with Crippen molar-refractivity contribution in [3.05, 3.63) is 71.5 Å². The van der Waals surface area contributed by atoms with E-state index in [9.17, 15) is 24.3 Å². The SMILES string of the molecule is CC(C)[C@@H]1NC(=O)c2cc(ccc2O)Oc2ccc(cc2)C[C@H](C(=O)NCCc2cn[nH]c2)NC(=O)[C@H](C)NC1=O. The lowest BCUT2D eigenvalue weighted by Crippen LogP contribution is -2.57. The lowest BCUT2D eigenvalue weighted by molar-refractivity contribution is -0.132. The third-order valence-electron chi connectivity index (χ3n) is 6.70. The number of carbonyl (C=O) groups excluding carboxylic acids is 4. The smallest absolute Gasteiger partial charge is 0.255 e. The van der Waals surface area contributed by atoms with Gasteiger partial charge in [-0.15, -0.1) is 0 Å². The molecule has 6 N–H and O–H groups in total. The van der Waals surface area contributed by atoms with Gasteiger partial charge in [0.15, 0.2) is 0 Å². The van der Waals surface area contributed by atoms with Crippen molar-refractivity contribution < 1.29 is 29.0 Å². The summed E-state index contributed by atoms with van der Waals surface area (Å²) in [6.07, 6.45) is 4.16. The number of fused-ring (bicyclic) bond motifs is 11. The molecule has 0 unspecified atom stereocenters. The zero-order valence-electron chi connectivity index (χ0n) is 23.1. The second kappa shape index (κ2) is 13.0. The Morgan fingerprint density at radius 3 is 2.46 bits per heavy atom. The lowest BCUT2D eigenvalue weighted by Gasteiger charge is -2.25. The highest BCUT2D eigenvalue weighted by Gasteiger charge is 2.30. The van der Waals surface area contributed by atoms with E-state index in [1.54, 1.807) is 50.5 Å². The molecule has 2 aliphatic rings. The number of carbonyl (C=O) groups is 4. The normalized spacial score (nSPS) is 19.8. The molecule has 0 radical (unpaired) electrons. The standard InChI is InChI=1S/C29H34N6O6/c1-16(2)25-29(40)33-17(3)26(37)34-23(28(39)30-11-10-19-14-31-32-15-19)12-18-4-6-20(7-5-18)41-21-8-9-24(36)22(13-21)27(38)35-25/h4-9,13-17,23,25,36H,10-12H2,1-3H3,(H,30,39)(H,31,32)(H,33,40)(H,34,37)(H,35,38)/t17-,23+,25-/m0/s1. The first kappa shape index (κ1) is 29.1. The summed E-state index contributed by atoms with van der Waals surface area (Å²) in [7, 11) is 0. The topological polar surface area (TPSA) is 175 Å². The molecule has 3 heterocycles. The molecular weight excluding hydrogens is 528 g/mol. The first-order valence-electron chi connectivity index (χ1n) is 13.4. The monoisotopic (exact) mass is 562 g/mol. The van der Waals surface area contributed by atoms with E-state index in [0.717, 1.165) is 11.1 Å². The summed E-state index contributed by atoms with van der Waals surface area (Å²) in [5.74, 6) is -2.04. The van der Waals surface area contributed by atoms with Crippen molar-refractivity contribution in [3.8, 4) is 17.2 Å². The highest BCUT2D eigenvalue weighted by atomic mass is 16.5. The number of phenols is 1. The molecule has 0 aliphatic carbocycles. The van der Waals surface area contributed by atoms with Crippen LogP contribution in [0.4, 0.5) is 0 Å². The Bertz CT molecular complexity index is 1390. The number of aromatic nitrogens is 2. The molecular formula is C29H34N6O6. The molecule has 1 aromatic heterocycles. The van der Waals surface area contributed by atoms with Crippen molar-refractivity contribution in [1.82, 2.24) is 31.5 Å². The number of nitrogens with zero attached hydrogens (tertiary/aromatic N) is 1. The van der Waals surface area contributed by atoms with Crippen molar-refractivity contribution in [2.75, 3.05) is 6.54 Å². The van der Waals surface area contributed by atoms with Crippen LogP contribution in [0.5, 0.6) is 17.2 Å². The molecule has 0 spiro atoms. The summed E-state index contributed by atoms with van der Waals surface area (Å²) in [6.45, 7) is 5.33. The first-order valence-corrected chi connectivity index (χ1v) is 13.4. The van der Waals surface area contributed by atoms with Crippen molar-refractivity contribution >= 4 is 23.6 Å². The van der Waals surface area contributed by atoms with Crippen molar-refractivity contribution in [2.45, 2.75) is 51.7 Å². The van der Waals surface area contributed by atoms with Crippen molar-refractivity contribution in [2.24, 2.45) is 5.92 Å². The van der Waals surface area contributed by atoms with Crippen LogP contribution in [-0.4, -0.2) is 63.6 Å². The van der Waals surface area contributed by atoms with Crippen LogP contribution in [0.25, 0.3) is 0 Å². The molecule has 41 heavy (non-hydrogen) atoms. The largest absolute Gasteiger partial charge is 0.507 e. The van der Waals surface area contributed by atoms with Gasteiger partial charge in [0.05, 0.1) is 11.8 Å². The van der Waals surface area contributed by atoms with E-state index in [1.807, 2.05) is 0 Å². The predicted molar refractivity (Wildman–Crippen MR) is 149 cm³/mol. The molecule has 0 saturated heterocycles. The summed E-state index contributed by atoms with van der Waals surface area (Å²) in [5, 5.41) is 27.8. The molecule has 216 valence electrons. The molecule has 0 saturated carbocycles. The Labute approximate surface area is 237 Å². The predicted octanol–water partition coefficient (Wildman–Crippen LogP) is 1.57. The first-order chi connectivity index (χ1) is 19.6. The van der Waals surface area contributed by atoms with E-state index < -0.39 is 35.8 Å². The van der Waals surface area contributed by atoms with Crippen LogP contribution in [-0.2, 0) is 27.2 Å². The second-order valence-corrected chi connectivity index (χ2v) is 10.3. The van der Waals surface area contributed by atoms with Gasteiger partial charge in [-0.25, -0.2) is 0 Å². The van der Waals surface area contributed by atoms with Crippen molar-refractivity contribution in [3.63, 3.8) is 0 Å². The molecule has 12 nitrogen and oxygen atoms in total. The maximum Gasteiger partial charge on any atom is 0.255 e. The fourth-order valence-electron chi connectivity index (χ4n) is 4.32. The number of rotatable bonds is 5. The number of phenolic OH excluding ortho intramolecular Hbond substituents is 1. The van der Waals surface area contributed by atoms with Gasteiger partial charge in [-0.1, -0.05) is 26.0 Å². The fourth-order valence-corrected chi connectivity index (χ4v) is 4.32. The van der Waals surface area contributed by atoms with Crippen LogP contribution in [0.15, 0.2) is 54.9 Å². The molecule has 4 amide bonds. The second-order valence-electron chi connectivity index (χ2n) is 10.3. The molecule has 3 atom stereocenters. The van der Waals surface area contributed by atoms with Gasteiger partial charge >= 0.3 is 0 Å². The number of aromatic amines is 1. The number of hydrogen-bond donors (Lipinski definition) is 6. The highest BCUT2D eigenvalue weighted by Crippen LogP contribution is 2.28. The minimum Gasteiger partial charge on any atom is -0.507 e. The van der Waals surface area contributed by atoms with E-state index in [4.69, 9.17) is 4.74 Å². The van der Waals surface area contributed by atoms with Gasteiger partial charge in [0.25, 0.3) is 5.91 Å². The van der Waals surface area contributed by atoms with Gasteiger partial charge in [0, 0.05) is 19.2 Å². The number of H-pyrrole nitrogens is 1. The van der Waals surface area contributed by atoms with Gasteiger partial charge in [0.2, 0.25) is 17.7 Å². The summed E-state index contributed by atoms with van der Waals surface area (Å²) < 4.78 is 5.88. The van der Waals surface area contributed by atoms with Gasteiger partial charge in [-0.2, -0.15) is 5.10 Å². The van der Waals surface area contributed by atoms with E-state index >= 15 is 0 Å². The maximum atomic E-state index is 13.1. The third-order valence-corrected chi connectivity index (χ3v) is 6.70. The summed E-state index contributed by atoms with van der Waals surface area (Å²) in [4.78, 5) is 52.5. The lowest BCUT2D eigenvalue weighted by atomic mass is 10.0. The molecule has 4 bridgehead atoms.